The molecule has 1 aliphatic rings. The van der Waals surface area contributed by atoms with Crippen LogP contribution in [0, 0.1) is 6.92 Å². The number of amides is 1. The van der Waals surface area contributed by atoms with Gasteiger partial charge in [0.25, 0.3) is 5.91 Å². The normalized spacial score (nSPS) is 20.0. The minimum atomic E-state index is -1.03. The summed E-state index contributed by atoms with van der Waals surface area (Å²) in [4.78, 5) is 25.7. The Labute approximate surface area is 149 Å². The molecule has 1 saturated heterocycles. The molecule has 1 N–H and O–H groups in total. The second-order valence-corrected chi connectivity index (χ2v) is 6.38. The van der Waals surface area contributed by atoms with Crippen LogP contribution in [0.25, 0.3) is 5.69 Å². The van der Waals surface area contributed by atoms with E-state index in [1.807, 2.05) is 6.07 Å². The molecule has 7 nitrogen and oxygen atoms in total. The number of ether oxygens (including phenoxy) is 1. The zero-order valence-electron chi connectivity index (χ0n) is 13.8. The molecule has 1 fully saturated rings. The van der Waals surface area contributed by atoms with E-state index >= 15 is 0 Å². The maximum atomic E-state index is 12.9. The maximum Gasteiger partial charge on any atom is 0.326 e. The van der Waals surface area contributed by atoms with Gasteiger partial charge in [0, 0.05) is 25.1 Å². The zero-order chi connectivity index (χ0) is 18.1. The van der Waals surface area contributed by atoms with E-state index in [1.165, 1.54) is 18.2 Å². The lowest BCUT2D eigenvalue weighted by Crippen LogP contribution is -2.40. The Bertz CT molecular complexity index is 820. The third kappa shape index (κ3) is 3.25. The number of rotatable bonds is 4. The van der Waals surface area contributed by atoms with E-state index in [2.05, 4.69) is 5.10 Å². The van der Waals surface area contributed by atoms with Crippen molar-refractivity contribution in [1.82, 2.24) is 14.7 Å². The van der Waals surface area contributed by atoms with Crippen molar-refractivity contribution >= 4 is 23.5 Å². The Morgan fingerprint density at radius 2 is 2.16 bits per heavy atom. The second-order valence-electron chi connectivity index (χ2n) is 5.94. The third-order valence-electron chi connectivity index (χ3n) is 4.43. The highest BCUT2D eigenvalue weighted by molar-refractivity contribution is 6.30. The number of hydrogen-bond donors (Lipinski definition) is 1. The van der Waals surface area contributed by atoms with Crippen LogP contribution in [0.15, 0.2) is 30.5 Å². The van der Waals surface area contributed by atoms with Crippen LogP contribution >= 0.6 is 11.6 Å². The predicted molar refractivity (Wildman–Crippen MR) is 91.2 cm³/mol. The summed E-state index contributed by atoms with van der Waals surface area (Å²) >= 11 is 6.01. The highest BCUT2D eigenvalue weighted by Crippen LogP contribution is 2.25. The summed E-state index contributed by atoms with van der Waals surface area (Å²) in [6.07, 6.45) is 1.45. The Hall–Kier alpha value is -2.38. The first-order valence-electron chi connectivity index (χ1n) is 7.79. The topological polar surface area (TPSA) is 84.7 Å². The van der Waals surface area contributed by atoms with E-state index in [0.29, 0.717) is 16.3 Å². The molecule has 0 bridgehead atoms. The van der Waals surface area contributed by atoms with Crippen LogP contribution in [0.5, 0.6) is 0 Å². The Balaban J connectivity index is 1.92. The molecule has 2 atom stereocenters. The van der Waals surface area contributed by atoms with Gasteiger partial charge in [-0.2, -0.15) is 5.10 Å². The van der Waals surface area contributed by atoms with Crippen molar-refractivity contribution in [2.24, 2.45) is 0 Å². The number of likely N-dealkylation sites (tertiary alicyclic amines) is 1. The van der Waals surface area contributed by atoms with Crippen molar-refractivity contribution in [1.29, 1.82) is 0 Å². The first kappa shape index (κ1) is 17.4. The Morgan fingerprint density at radius 1 is 1.40 bits per heavy atom. The van der Waals surface area contributed by atoms with Crippen molar-refractivity contribution in [3.63, 3.8) is 0 Å². The molecular formula is C17H18ClN3O4. The van der Waals surface area contributed by atoms with Crippen LogP contribution in [0.3, 0.4) is 0 Å². The first-order valence-corrected chi connectivity index (χ1v) is 8.17. The highest BCUT2D eigenvalue weighted by Gasteiger charge is 2.40. The maximum absolute atomic E-state index is 12.9. The number of halogens is 1. The van der Waals surface area contributed by atoms with Gasteiger partial charge in [-0.15, -0.1) is 0 Å². The van der Waals surface area contributed by atoms with E-state index in [4.69, 9.17) is 16.3 Å². The standard InChI is InChI=1S/C17H18ClN3O4/c1-10-14(8-19-21(10)12-5-3-4-11(18)6-12)16(22)20-9-13(25-2)7-15(20)17(23)24/h3-6,8,13,15H,7,9H2,1-2H3,(H,23,24). The second kappa shape index (κ2) is 6.85. The molecule has 25 heavy (non-hydrogen) atoms. The number of nitrogens with zero attached hydrogens (tertiary/aromatic N) is 3. The smallest absolute Gasteiger partial charge is 0.326 e. The molecule has 0 spiro atoms. The van der Waals surface area contributed by atoms with Gasteiger partial charge in [-0.05, 0) is 25.1 Å². The van der Waals surface area contributed by atoms with Gasteiger partial charge in [-0.25, -0.2) is 9.48 Å². The monoisotopic (exact) mass is 363 g/mol. The quantitative estimate of drug-likeness (QED) is 0.899. The lowest BCUT2D eigenvalue weighted by molar-refractivity contribution is -0.141. The summed E-state index contributed by atoms with van der Waals surface area (Å²) < 4.78 is 6.84. The van der Waals surface area contributed by atoms with Crippen LogP contribution in [-0.4, -0.2) is 57.5 Å². The van der Waals surface area contributed by atoms with Crippen molar-refractivity contribution in [2.75, 3.05) is 13.7 Å². The molecule has 2 heterocycles. The molecule has 1 amide bonds. The minimum absolute atomic E-state index is 0.244. The number of methoxy groups -OCH3 is 1. The summed E-state index contributed by atoms with van der Waals surface area (Å²) in [5.74, 6) is -1.40. The summed E-state index contributed by atoms with van der Waals surface area (Å²) in [7, 11) is 1.51. The van der Waals surface area contributed by atoms with Crippen molar-refractivity contribution in [3.8, 4) is 5.69 Å². The molecule has 0 saturated carbocycles. The van der Waals surface area contributed by atoms with Gasteiger partial charge in [-0.1, -0.05) is 17.7 Å². The number of benzene rings is 1. The molecule has 3 rings (SSSR count). The van der Waals surface area contributed by atoms with Crippen LogP contribution in [0.4, 0.5) is 0 Å². The molecule has 0 radical (unpaired) electrons. The minimum Gasteiger partial charge on any atom is -0.480 e. The molecule has 1 aromatic carbocycles. The summed E-state index contributed by atoms with van der Waals surface area (Å²) in [6, 6.07) is 6.22. The molecule has 2 aromatic rings. The van der Waals surface area contributed by atoms with Gasteiger partial charge in [0.15, 0.2) is 0 Å². The molecule has 1 aromatic heterocycles. The van der Waals surface area contributed by atoms with Crippen LogP contribution in [0.1, 0.15) is 22.5 Å². The van der Waals surface area contributed by atoms with E-state index in [-0.39, 0.29) is 25.0 Å². The highest BCUT2D eigenvalue weighted by atomic mass is 35.5. The number of hydrogen-bond acceptors (Lipinski definition) is 4. The molecule has 132 valence electrons. The van der Waals surface area contributed by atoms with Crippen molar-refractivity contribution < 1.29 is 19.4 Å². The lowest BCUT2D eigenvalue weighted by atomic mass is 10.2. The predicted octanol–water partition coefficient (Wildman–Crippen LogP) is 2.15. The SMILES string of the molecule is COC1CC(C(=O)O)N(C(=O)c2cnn(-c3cccc(Cl)c3)c2C)C1. The van der Waals surface area contributed by atoms with Crippen LogP contribution in [-0.2, 0) is 9.53 Å². The van der Waals surface area contributed by atoms with Gasteiger partial charge in [0.05, 0.1) is 29.2 Å². The van der Waals surface area contributed by atoms with E-state index in [9.17, 15) is 14.7 Å². The summed E-state index contributed by atoms with van der Waals surface area (Å²) in [6.45, 7) is 2.01. The molecule has 1 aliphatic heterocycles. The number of aromatic nitrogens is 2. The average Bonchev–Trinajstić information content (AvgIpc) is 3.18. The fraction of sp³-hybridized carbons (Fsp3) is 0.353. The number of carbonyl (C=O) groups excluding carboxylic acids is 1. The van der Waals surface area contributed by atoms with E-state index < -0.39 is 12.0 Å². The molecule has 0 aliphatic carbocycles. The largest absolute Gasteiger partial charge is 0.480 e. The van der Waals surface area contributed by atoms with E-state index in [0.717, 1.165) is 5.69 Å². The Kier molecular flexibility index (Phi) is 4.78. The Morgan fingerprint density at radius 3 is 2.80 bits per heavy atom. The van der Waals surface area contributed by atoms with Gasteiger partial charge in [-0.3, -0.25) is 4.79 Å². The molecular weight excluding hydrogens is 346 g/mol. The summed E-state index contributed by atoms with van der Waals surface area (Å²) in [5.41, 5.74) is 1.72. The fourth-order valence-corrected chi connectivity index (χ4v) is 3.25. The van der Waals surface area contributed by atoms with Gasteiger partial charge < -0.3 is 14.7 Å². The first-order chi connectivity index (χ1) is 11.9. The van der Waals surface area contributed by atoms with Crippen LogP contribution in [0.2, 0.25) is 5.02 Å². The lowest BCUT2D eigenvalue weighted by Gasteiger charge is -2.21. The average molecular weight is 364 g/mol. The number of carboxylic acids is 1. The molecule has 8 heteroatoms. The molecule has 2 unspecified atom stereocenters. The van der Waals surface area contributed by atoms with Crippen molar-refractivity contribution in [3.05, 3.63) is 46.7 Å². The van der Waals surface area contributed by atoms with Crippen molar-refractivity contribution in [2.45, 2.75) is 25.5 Å². The number of carboxylic acid groups (broad SMARTS) is 1. The fourth-order valence-electron chi connectivity index (χ4n) is 3.07. The van der Waals surface area contributed by atoms with Crippen LogP contribution < -0.4 is 0 Å². The van der Waals surface area contributed by atoms with E-state index in [1.54, 1.807) is 29.8 Å². The summed E-state index contributed by atoms with van der Waals surface area (Å²) in [5, 5.41) is 14.2. The third-order valence-corrected chi connectivity index (χ3v) is 4.67. The van der Waals surface area contributed by atoms with Gasteiger partial charge in [0.2, 0.25) is 0 Å². The number of aliphatic carboxylic acids is 1. The van der Waals surface area contributed by atoms with Gasteiger partial charge >= 0.3 is 5.97 Å². The van der Waals surface area contributed by atoms with Gasteiger partial charge in [0.1, 0.15) is 6.04 Å². The number of carbonyl (C=O) groups is 2. The zero-order valence-corrected chi connectivity index (χ0v) is 14.6.